The van der Waals surface area contributed by atoms with E-state index in [1.165, 1.54) is 11.1 Å². The Balaban J connectivity index is 1.61. The summed E-state index contributed by atoms with van der Waals surface area (Å²) in [4.78, 5) is 19.1. The van der Waals surface area contributed by atoms with Crippen molar-refractivity contribution in [3.8, 4) is 0 Å². The number of fused-ring (bicyclic) bond motifs is 1. The number of aryl methyl sites for hydroxylation is 1. The Morgan fingerprint density at radius 3 is 2.96 bits per heavy atom. The van der Waals surface area contributed by atoms with Crippen molar-refractivity contribution < 1.29 is 4.79 Å². The first-order valence-electron chi connectivity index (χ1n) is 8.69. The quantitative estimate of drug-likeness (QED) is 0.640. The molecule has 0 atom stereocenters. The van der Waals surface area contributed by atoms with Crippen LogP contribution in [0.3, 0.4) is 0 Å². The van der Waals surface area contributed by atoms with E-state index in [4.69, 9.17) is 0 Å². The lowest BCUT2D eigenvalue weighted by atomic mass is 10.0. The predicted octanol–water partition coefficient (Wildman–Crippen LogP) is 2.78. The molecule has 1 aromatic heterocycles. The number of nitrogens with zero attached hydrogens (tertiary/aromatic N) is 2. The fourth-order valence-electron chi connectivity index (χ4n) is 2.94. The van der Waals surface area contributed by atoms with Crippen LogP contribution >= 0.6 is 11.3 Å². The number of aliphatic imine (C=N–C) groups is 1. The summed E-state index contributed by atoms with van der Waals surface area (Å²) in [6.45, 7) is 4.41. The summed E-state index contributed by atoms with van der Waals surface area (Å²) in [5.41, 5.74) is 3.47. The van der Waals surface area contributed by atoms with Gasteiger partial charge in [0.05, 0.1) is 13.1 Å². The van der Waals surface area contributed by atoms with Gasteiger partial charge in [-0.05, 0) is 53.8 Å². The number of guanidine groups is 1. The Morgan fingerprint density at radius 2 is 2.16 bits per heavy atom. The second-order valence-corrected chi connectivity index (χ2v) is 6.74. The summed E-state index contributed by atoms with van der Waals surface area (Å²) >= 11 is 1.66. The van der Waals surface area contributed by atoms with Crippen molar-refractivity contribution >= 4 is 28.9 Å². The van der Waals surface area contributed by atoms with E-state index < -0.39 is 0 Å². The van der Waals surface area contributed by atoms with Crippen molar-refractivity contribution in [3.63, 3.8) is 0 Å². The van der Waals surface area contributed by atoms with Gasteiger partial charge in [-0.15, -0.1) is 0 Å². The molecule has 132 valence electrons. The summed E-state index contributed by atoms with van der Waals surface area (Å²) in [6, 6.07) is 10.2. The van der Waals surface area contributed by atoms with E-state index in [-0.39, 0.29) is 12.5 Å². The van der Waals surface area contributed by atoms with E-state index in [1.54, 1.807) is 11.3 Å². The molecular weight excluding hydrogens is 332 g/mol. The second-order valence-electron chi connectivity index (χ2n) is 5.96. The van der Waals surface area contributed by atoms with Crippen molar-refractivity contribution in [3.05, 3.63) is 52.2 Å². The van der Waals surface area contributed by atoms with Gasteiger partial charge >= 0.3 is 0 Å². The Bertz CT molecular complexity index is 727. The fraction of sp³-hybridized carbons (Fsp3) is 0.368. The number of para-hydroxylation sites is 1. The molecule has 25 heavy (non-hydrogen) atoms. The molecule has 1 amide bonds. The maximum absolute atomic E-state index is 12.7. The zero-order chi connectivity index (χ0) is 17.5. The number of nitrogens with one attached hydrogen (secondary N) is 2. The van der Waals surface area contributed by atoms with Gasteiger partial charge in [-0.3, -0.25) is 4.79 Å². The molecule has 0 radical (unpaired) electrons. The van der Waals surface area contributed by atoms with E-state index in [9.17, 15) is 4.79 Å². The van der Waals surface area contributed by atoms with E-state index in [1.807, 2.05) is 35.4 Å². The number of thiophene rings is 1. The van der Waals surface area contributed by atoms with Crippen LogP contribution in [0.4, 0.5) is 5.69 Å². The summed E-state index contributed by atoms with van der Waals surface area (Å²) in [7, 11) is 0. The highest BCUT2D eigenvalue weighted by Crippen LogP contribution is 2.26. The topological polar surface area (TPSA) is 56.7 Å². The number of amides is 1. The van der Waals surface area contributed by atoms with Crippen LogP contribution in [-0.2, 0) is 17.8 Å². The standard InChI is InChI=1S/C19H24N4OS/c1-2-20-19(21-12-15-9-11-25-14-15)22-13-18(24)23-10-5-7-16-6-3-4-8-17(16)23/h3-4,6,8-9,11,14H,2,5,7,10,12-13H2,1H3,(H2,20,21,22). The summed E-state index contributed by atoms with van der Waals surface area (Å²) in [5, 5.41) is 10.5. The molecule has 6 heteroatoms. The fourth-order valence-corrected chi connectivity index (χ4v) is 3.60. The molecule has 1 aliphatic heterocycles. The van der Waals surface area contributed by atoms with Crippen LogP contribution < -0.4 is 15.5 Å². The molecular formula is C19H24N4OS. The number of hydrogen-bond acceptors (Lipinski definition) is 3. The Hall–Kier alpha value is -2.34. The number of carbonyl (C=O) groups is 1. The van der Waals surface area contributed by atoms with Crippen molar-refractivity contribution in [2.45, 2.75) is 26.3 Å². The van der Waals surface area contributed by atoms with Crippen LogP contribution in [0.1, 0.15) is 24.5 Å². The third kappa shape index (κ3) is 4.60. The minimum atomic E-state index is 0.0771. The lowest BCUT2D eigenvalue weighted by Gasteiger charge is -2.29. The molecule has 2 aromatic rings. The van der Waals surface area contributed by atoms with Crippen LogP contribution in [0.2, 0.25) is 0 Å². The van der Waals surface area contributed by atoms with Gasteiger partial charge in [-0.25, -0.2) is 4.99 Å². The monoisotopic (exact) mass is 356 g/mol. The zero-order valence-corrected chi connectivity index (χ0v) is 15.3. The molecule has 2 heterocycles. The predicted molar refractivity (Wildman–Crippen MR) is 104 cm³/mol. The molecule has 0 unspecified atom stereocenters. The summed E-state index contributed by atoms with van der Waals surface area (Å²) in [5.74, 6) is 0.751. The van der Waals surface area contributed by atoms with Gasteiger partial charge in [0.1, 0.15) is 0 Å². The zero-order valence-electron chi connectivity index (χ0n) is 14.5. The van der Waals surface area contributed by atoms with Gasteiger partial charge in [0.15, 0.2) is 5.96 Å². The molecule has 0 fully saturated rings. The highest BCUT2D eigenvalue weighted by atomic mass is 32.1. The van der Waals surface area contributed by atoms with Gasteiger partial charge in [0.25, 0.3) is 0 Å². The molecule has 0 saturated heterocycles. The largest absolute Gasteiger partial charge is 0.357 e. The second kappa shape index (κ2) is 8.67. The first-order valence-corrected chi connectivity index (χ1v) is 9.63. The van der Waals surface area contributed by atoms with E-state index in [0.717, 1.165) is 31.6 Å². The van der Waals surface area contributed by atoms with E-state index in [0.29, 0.717) is 12.5 Å². The molecule has 0 saturated carbocycles. The van der Waals surface area contributed by atoms with E-state index >= 15 is 0 Å². The van der Waals surface area contributed by atoms with Gasteiger partial charge < -0.3 is 15.5 Å². The SMILES string of the molecule is CCNC(=NCc1ccsc1)NCC(=O)N1CCCc2ccccc21. The molecule has 0 spiro atoms. The number of hydrogen-bond donors (Lipinski definition) is 2. The third-order valence-electron chi connectivity index (χ3n) is 4.16. The van der Waals surface area contributed by atoms with Gasteiger partial charge in [0.2, 0.25) is 5.91 Å². The summed E-state index contributed by atoms with van der Waals surface area (Å²) < 4.78 is 0. The molecule has 2 N–H and O–H groups in total. The highest BCUT2D eigenvalue weighted by molar-refractivity contribution is 7.07. The van der Waals surface area contributed by atoms with Crippen molar-refractivity contribution in [2.75, 3.05) is 24.5 Å². The average Bonchev–Trinajstić information content (AvgIpc) is 3.17. The minimum absolute atomic E-state index is 0.0771. The number of anilines is 1. The Labute approximate surface area is 152 Å². The lowest BCUT2D eigenvalue weighted by molar-refractivity contribution is -0.117. The van der Waals surface area contributed by atoms with Crippen LogP contribution in [0.5, 0.6) is 0 Å². The minimum Gasteiger partial charge on any atom is -0.357 e. The van der Waals surface area contributed by atoms with Crippen LogP contribution in [0.15, 0.2) is 46.1 Å². The first-order chi connectivity index (χ1) is 12.3. The van der Waals surface area contributed by atoms with Crippen molar-refractivity contribution in [2.24, 2.45) is 4.99 Å². The van der Waals surface area contributed by atoms with Gasteiger partial charge in [-0.1, -0.05) is 18.2 Å². The van der Waals surface area contributed by atoms with Crippen LogP contribution in [-0.4, -0.2) is 31.5 Å². The van der Waals surface area contributed by atoms with Crippen LogP contribution in [0, 0.1) is 0 Å². The van der Waals surface area contributed by atoms with E-state index in [2.05, 4.69) is 33.1 Å². The summed E-state index contributed by atoms with van der Waals surface area (Å²) in [6.07, 6.45) is 2.05. The average molecular weight is 356 g/mol. The Kier molecular flexibility index (Phi) is 6.06. The number of carbonyl (C=O) groups excluding carboxylic acids is 1. The van der Waals surface area contributed by atoms with Crippen LogP contribution in [0.25, 0.3) is 0 Å². The molecule has 3 rings (SSSR count). The smallest absolute Gasteiger partial charge is 0.246 e. The first kappa shape index (κ1) is 17.5. The molecule has 0 bridgehead atoms. The maximum Gasteiger partial charge on any atom is 0.246 e. The maximum atomic E-state index is 12.7. The number of rotatable bonds is 5. The lowest BCUT2D eigenvalue weighted by Crippen LogP contribution is -2.46. The molecule has 1 aromatic carbocycles. The molecule has 1 aliphatic rings. The van der Waals surface area contributed by atoms with Gasteiger partial charge in [-0.2, -0.15) is 11.3 Å². The van der Waals surface area contributed by atoms with Crippen molar-refractivity contribution in [1.29, 1.82) is 0 Å². The molecule has 5 nitrogen and oxygen atoms in total. The Morgan fingerprint density at radius 1 is 1.28 bits per heavy atom. The third-order valence-corrected chi connectivity index (χ3v) is 4.89. The highest BCUT2D eigenvalue weighted by Gasteiger charge is 2.21. The van der Waals surface area contributed by atoms with Crippen molar-refractivity contribution in [1.82, 2.24) is 10.6 Å². The number of benzene rings is 1. The normalized spacial score (nSPS) is 14.1. The van der Waals surface area contributed by atoms with Gasteiger partial charge in [0, 0.05) is 18.8 Å². The molecule has 0 aliphatic carbocycles.